The van der Waals surface area contributed by atoms with E-state index in [2.05, 4.69) is 22.5 Å². The molecule has 0 spiro atoms. The van der Waals surface area contributed by atoms with Crippen molar-refractivity contribution in [2.75, 3.05) is 32.1 Å². The van der Waals surface area contributed by atoms with Crippen molar-refractivity contribution >= 4 is 11.6 Å². The number of hydrogen-bond donors (Lipinski definition) is 2. The van der Waals surface area contributed by atoms with Gasteiger partial charge in [-0.15, -0.1) is 0 Å². The Morgan fingerprint density at radius 1 is 1.39 bits per heavy atom. The molecular formula is C13H21N3O2. The van der Waals surface area contributed by atoms with Crippen molar-refractivity contribution in [3.05, 3.63) is 24.0 Å². The fourth-order valence-electron chi connectivity index (χ4n) is 1.40. The van der Waals surface area contributed by atoms with E-state index in [0.29, 0.717) is 18.8 Å². The van der Waals surface area contributed by atoms with E-state index in [-0.39, 0.29) is 5.91 Å². The molecule has 0 radical (unpaired) electrons. The van der Waals surface area contributed by atoms with Crippen LogP contribution in [0.2, 0.25) is 0 Å². The number of unbranched alkanes of at least 4 members (excludes halogenated alkanes) is 1. The maximum Gasteiger partial charge on any atom is 0.269 e. The maximum atomic E-state index is 11.6. The van der Waals surface area contributed by atoms with E-state index in [1.165, 1.54) is 0 Å². The van der Waals surface area contributed by atoms with Crippen LogP contribution in [0.1, 0.15) is 30.3 Å². The van der Waals surface area contributed by atoms with Gasteiger partial charge in [-0.1, -0.05) is 13.3 Å². The zero-order chi connectivity index (χ0) is 13.2. The van der Waals surface area contributed by atoms with Crippen molar-refractivity contribution in [2.24, 2.45) is 0 Å². The fourth-order valence-corrected chi connectivity index (χ4v) is 1.40. The topological polar surface area (TPSA) is 63.2 Å². The number of amides is 1. The first kappa shape index (κ1) is 14.4. The van der Waals surface area contributed by atoms with Crippen molar-refractivity contribution in [1.82, 2.24) is 10.3 Å². The van der Waals surface area contributed by atoms with Crippen molar-refractivity contribution < 1.29 is 9.53 Å². The van der Waals surface area contributed by atoms with Gasteiger partial charge in [0.25, 0.3) is 5.91 Å². The average molecular weight is 251 g/mol. The smallest absolute Gasteiger partial charge is 0.269 e. The van der Waals surface area contributed by atoms with E-state index in [1.54, 1.807) is 19.4 Å². The van der Waals surface area contributed by atoms with Crippen LogP contribution in [0, 0.1) is 0 Å². The molecule has 0 aliphatic carbocycles. The van der Waals surface area contributed by atoms with Gasteiger partial charge < -0.3 is 15.4 Å². The third kappa shape index (κ3) is 5.14. The number of rotatable bonds is 8. The molecule has 1 rings (SSSR count). The van der Waals surface area contributed by atoms with Crippen LogP contribution < -0.4 is 10.6 Å². The second-order valence-electron chi connectivity index (χ2n) is 3.96. The Hall–Kier alpha value is -1.62. The molecular weight excluding hydrogens is 230 g/mol. The van der Waals surface area contributed by atoms with E-state index < -0.39 is 0 Å². The number of methoxy groups -OCH3 is 1. The van der Waals surface area contributed by atoms with Crippen LogP contribution in [0.25, 0.3) is 0 Å². The van der Waals surface area contributed by atoms with Gasteiger partial charge in [0.05, 0.1) is 18.5 Å². The Balaban J connectivity index is 2.41. The quantitative estimate of drug-likeness (QED) is 0.690. The molecule has 0 aliphatic rings. The highest BCUT2D eigenvalue weighted by Crippen LogP contribution is 2.06. The number of hydrogen-bond acceptors (Lipinski definition) is 4. The Bertz CT molecular complexity index is 352. The van der Waals surface area contributed by atoms with Gasteiger partial charge in [-0.25, -0.2) is 4.98 Å². The normalized spacial score (nSPS) is 10.1. The molecule has 0 atom stereocenters. The SMILES string of the molecule is CCCCNc1ccc(C(=O)NCCOC)nc1. The molecule has 0 bridgehead atoms. The molecule has 5 nitrogen and oxygen atoms in total. The van der Waals surface area contributed by atoms with Crippen LogP contribution in [0.5, 0.6) is 0 Å². The summed E-state index contributed by atoms with van der Waals surface area (Å²) in [6, 6.07) is 3.59. The van der Waals surface area contributed by atoms with E-state index >= 15 is 0 Å². The molecule has 1 amide bonds. The first-order chi connectivity index (χ1) is 8.77. The van der Waals surface area contributed by atoms with Crippen LogP contribution in [0.15, 0.2) is 18.3 Å². The molecule has 5 heteroatoms. The second kappa shape index (κ2) is 8.47. The van der Waals surface area contributed by atoms with Crippen molar-refractivity contribution in [1.29, 1.82) is 0 Å². The summed E-state index contributed by atoms with van der Waals surface area (Å²) in [5.41, 5.74) is 1.36. The molecule has 0 saturated heterocycles. The molecule has 0 unspecified atom stereocenters. The van der Waals surface area contributed by atoms with Crippen LogP contribution in [0.3, 0.4) is 0 Å². The predicted octanol–water partition coefficient (Wildman–Crippen LogP) is 1.67. The summed E-state index contributed by atoms with van der Waals surface area (Å²) < 4.78 is 4.86. The summed E-state index contributed by atoms with van der Waals surface area (Å²) in [6.45, 7) is 4.07. The minimum absolute atomic E-state index is 0.174. The first-order valence-corrected chi connectivity index (χ1v) is 6.25. The number of ether oxygens (including phenoxy) is 1. The molecule has 0 aromatic carbocycles. The summed E-state index contributed by atoms with van der Waals surface area (Å²) in [4.78, 5) is 15.8. The molecule has 1 aromatic heterocycles. The monoisotopic (exact) mass is 251 g/mol. The summed E-state index contributed by atoms with van der Waals surface area (Å²) >= 11 is 0. The Kier molecular flexibility index (Phi) is 6.79. The van der Waals surface area contributed by atoms with Crippen LogP contribution in [-0.2, 0) is 4.74 Å². The number of aromatic nitrogens is 1. The maximum absolute atomic E-state index is 11.6. The Labute approximate surface area is 108 Å². The molecule has 0 saturated carbocycles. The van der Waals surface area contributed by atoms with Gasteiger partial charge in [0.15, 0.2) is 0 Å². The molecule has 2 N–H and O–H groups in total. The van der Waals surface area contributed by atoms with Gasteiger partial charge in [-0.05, 0) is 18.6 Å². The van der Waals surface area contributed by atoms with Gasteiger partial charge in [0.1, 0.15) is 5.69 Å². The van der Waals surface area contributed by atoms with E-state index in [1.807, 2.05) is 6.07 Å². The summed E-state index contributed by atoms with van der Waals surface area (Å²) in [6.07, 6.45) is 3.96. The number of nitrogens with zero attached hydrogens (tertiary/aromatic N) is 1. The highest BCUT2D eigenvalue weighted by Gasteiger charge is 2.05. The minimum atomic E-state index is -0.174. The minimum Gasteiger partial charge on any atom is -0.384 e. The standard InChI is InChI=1S/C13H21N3O2/c1-3-4-7-14-11-5-6-12(16-10-11)13(17)15-8-9-18-2/h5-6,10,14H,3-4,7-9H2,1-2H3,(H,15,17). The fraction of sp³-hybridized carbons (Fsp3) is 0.538. The zero-order valence-electron chi connectivity index (χ0n) is 11.0. The number of carbonyl (C=O) groups is 1. The third-order valence-corrected chi connectivity index (χ3v) is 2.45. The summed E-state index contributed by atoms with van der Waals surface area (Å²) in [5.74, 6) is -0.174. The van der Waals surface area contributed by atoms with Gasteiger partial charge in [-0.2, -0.15) is 0 Å². The highest BCUT2D eigenvalue weighted by atomic mass is 16.5. The summed E-state index contributed by atoms with van der Waals surface area (Å²) in [5, 5.41) is 5.97. The third-order valence-electron chi connectivity index (χ3n) is 2.45. The average Bonchev–Trinajstić information content (AvgIpc) is 2.40. The lowest BCUT2D eigenvalue weighted by atomic mass is 10.3. The molecule has 1 aromatic rings. The Morgan fingerprint density at radius 2 is 2.22 bits per heavy atom. The highest BCUT2D eigenvalue weighted by molar-refractivity contribution is 5.92. The number of anilines is 1. The largest absolute Gasteiger partial charge is 0.384 e. The number of carbonyl (C=O) groups excluding carboxylic acids is 1. The molecule has 1 heterocycles. The lowest BCUT2D eigenvalue weighted by Crippen LogP contribution is -2.27. The van der Waals surface area contributed by atoms with Gasteiger partial charge >= 0.3 is 0 Å². The van der Waals surface area contributed by atoms with Crippen LogP contribution in [0.4, 0.5) is 5.69 Å². The Morgan fingerprint density at radius 3 is 2.83 bits per heavy atom. The number of nitrogens with one attached hydrogen (secondary N) is 2. The van der Waals surface area contributed by atoms with Gasteiger partial charge in [0, 0.05) is 20.2 Å². The van der Waals surface area contributed by atoms with Crippen molar-refractivity contribution in [3.8, 4) is 0 Å². The summed E-state index contributed by atoms with van der Waals surface area (Å²) in [7, 11) is 1.60. The van der Waals surface area contributed by atoms with Crippen molar-refractivity contribution in [2.45, 2.75) is 19.8 Å². The van der Waals surface area contributed by atoms with Crippen molar-refractivity contribution in [3.63, 3.8) is 0 Å². The van der Waals surface area contributed by atoms with E-state index in [4.69, 9.17) is 4.74 Å². The van der Waals surface area contributed by atoms with Gasteiger partial charge in [-0.3, -0.25) is 4.79 Å². The van der Waals surface area contributed by atoms with Gasteiger partial charge in [0.2, 0.25) is 0 Å². The molecule has 0 aliphatic heterocycles. The molecule has 0 fully saturated rings. The first-order valence-electron chi connectivity index (χ1n) is 6.25. The molecule has 18 heavy (non-hydrogen) atoms. The van der Waals surface area contributed by atoms with Crippen LogP contribution >= 0.6 is 0 Å². The zero-order valence-corrected chi connectivity index (χ0v) is 11.0. The second-order valence-corrected chi connectivity index (χ2v) is 3.96. The molecule has 100 valence electrons. The lowest BCUT2D eigenvalue weighted by molar-refractivity contribution is 0.0932. The predicted molar refractivity (Wildman–Crippen MR) is 71.8 cm³/mol. The van der Waals surface area contributed by atoms with E-state index in [9.17, 15) is 4.79 Å². The van der Waals surface area contributed by atoms with E-state index in [0.717, 1.165) is 25.1 Å². The lowest BCUT2D eigenvalue weighted by Gasteiger charge is -2.06. The van der Waals surface area contributed by atoms with Crippen LogP contribution in [-0.4, -0.2) is 37.7 Å². The number of pyridine rings is 1.